The second-order valence-electron chi connectivity index (χ2n) is 3.05. The fourth-order valence-electron chi connectivity index (χ4n) is 1.20. The average Bonchev–Trinajstić information content (AvgIpc) is 2.02. The lowest BCUT2D eigenvalue weighted by Gasteiger charge is -2.33. The summed E-state index contributed by atoms with van der Waals surface area (Å²) in [6.07, 6.45) is 2.67. The molecule has 2 heterocycles. The third-order valence-electron chi connectivity index (χ3n) is 2.16. The molecule has 3 nitrogen and oxygen atoms in total. The number of hydrogen-bond acceptors (Lipinski definition) is 3. The van der Waals surface area contributed by atoms with Gasteiger partial charge < -0.3 is 5.32 Å². The van der Waals surface area contributed by atoms with E-state index in [-0.39, 0.29) is 5.82 Å². The number of nitrogens with zero attached hydrogens (tertiary/aromatic N) is 2. The van der Waals surface area contributed by atoms with Gasteiger partial charge in [0, 0.05) is 25.5 Å². The molecule has 0 aliphatic carbocycles. The zero-order valence-corrected chi connectivity index (χ0v) is 6.87. The highest BCUT2D eigenvalue weighted by Crippen LogP contribution is 2.35. The van der Waals surface area contributed by atoms with Gasteiger partial charge >= 0.3 is 5.92 Å². The molecule has 1 fully saturated rings. The number of halogens is 2. The van der Waals surface area contributed by atoms with Gasteiger partial charge in [-0.2, -0.15) is 8.78 Å². The summed E-state index contributed by atoms with van der Waals surface area (Å²) in [6, 6.07) is 1.53. The molecule has 0 atom stereocenters. The van der Waals surface area contributed by atoms with Crippen LogP contribution >= 0.6 is 0 Å². The van der Waals surface area contributed by atoms with Crippen LogP contribution in [0.3, 0.4) is 0 Å². The SMILES string of the molecule is FC(F)(c1ncccn1)C1CNC1. The fourth-order valence-corrected chi connectivity index (χ4v) is 1.20. The molecule has 70 valence electrons. The predicted molar refractivity (Wildman–Crippen MR) is 42.3 cm³/mol. The van der Waals surface area contributed by atoms with Crippen LogP contribution in [0, 0.1) is 5.92 Å². The Morgan fingerprint density at radius 3 is 2.38 bits per heavy atom. The summed E-state index contributed by atoms with van der Waals surface area (Å²) in [5, 5.41) is 2.80. The summed E-state index contributed by atoms with van der Waals surface area (Å²) in [5.74, 6) is -3.93. The summed E-state index contributed by atoms with van der Waals surface area (Å²) in [6.45, 7) is 0.677. The third kappa shape index (κ3) is 1.39. The van der Waals surface area contributed by atoms with E-state index >= 15 is 0 Å². The number of nitrogens with one attached hydrogen (secondary N) is 1. The van der Waals surface area contributed by atoms with Gasteiger partial charge in [0.05, 0.1) is 5.92 Å². The maximum Gasteiger partial charge on any atom is 0.311 e. The highest BCUT2D eigenvalue weighted by atomic mass is 19.3. The Kier molecular flexibility index (Phi) is 1.95. The van der Waals surface area contributed by atoms with Crippen LogP contribution in [0.15, 0.2) is 18.5 Å². The zero-order valence-electron chi connectivity index (χ0n) is 6.87. The first-order chi connectivity index (χ1) is 6.21. The Hall–Kier alpha value is -1.10. The van der Waals surface area contributed by atoms with E-state index in [0.29, 0.717) is 13.1 Å². The Morgan fingerprint density at radius 1 is 1.31 bits per heavy atom. The van der Waals surface area contributed by atoms with Crippen molar-refractivity contribution in [3.05, 3.63) is 24.3 Å². The minimum Gasteiger partial charge on any atom is -0.316 e. The molecule has 1 aliphatic rings. The Morgan fingerprint density at radius 2 is 1.92 bits per heavy atom. The van der Waals surface area contributed by atoms with Crippen molar-refractivity contribution >= 4 is 0 Å². The summed E-state index contributed by atoms with van der Waals surface area (Å²) in [7, 11) is 0. The van der Waals surface area contributed by atoms with E-state index in [1.165, 1.54) is 18.5 Å². The van der Waals surface area contributed by atoms with Crippen molar-refractivity contribution in [3.8, 4) is 0 Å². The molecular weight excluding hydrogens is 176 g/mol. The minimum atomic E-state index is -2.90. The van der Waals surface area contributed by atoms with Crippen molar-refractivity contribution in [2.75, 3.05) is 13.1 Å². The molecule has 13 heavy (non-hydrogen) atoms. The second kappa shape index (κ2) is 2.99. The molecule has 0 amide bonds. The van der Waals surface area contributed by atoms with E-state index in [0.717, 1.165) is 0 Å². The van der Waals surface area contributed by atoms with Crippen LogP contribution in [0.25, 0.3) is 0 Å². The molecule has 0 spiro atoms. The number of aromatic nitrogens is 2. The zero-order chi connectivity index (χ0) is 9.31. The smallest absolute Gasteiger partial charge is 0.311 e. The highest BCUT2D eigenvalue weighted by Gasteiger charge is 2.46. The maximum atomic E-state index is 13.4. The Bertz CT molecular complexity index is 285. The average molecular weight is 185 g/mol. The van der Waals surface area contributed by atoms with Gasteiger partial charge in [0.1, 0.15) is 0 Å². The first-order valence-electron chi connectivity index (χ1n) is 4.07. The molecule has 0 radical (unpaired) electrons. The van der Waals surface area contributed by atoms with Crippen molar-refractivity contribution in [3.63, 3.8) is 0 Å². The normalized spacial score (nSPS) is 18.3. The quantitative estimate of drug-likeness (QED) is 0.740. The van der Waals surface area contributed by atoms with Crippen LogP contribution in [0.2, 0.25) is 0 Å². The largest absolute Gasteiger partial charge is 0.316 e. The van der Waals surface area contributed by atoms with Gasteiger partial charge in [-0.05, 0) is 6.07 Å². The number of alkyl halides is 2. The van der Waals surface area contributed by atoms with Crippen molar-refractivity contribution in [1.29, 1.82) is 0 Å². The van der Waals surface area contributed by atoms with E-state index in [9.17, 15) is 8.78 Å². The molecule has 1 aromatic heterocycles. The van der Waals surface area contributed by atoms with E-state index in [1.54, 1.807) is 0 Å². The highest BCUT2D eigenvalue weighted by molar-refractivity contribution is 5.03. The van der Waals surface area contributed by atoms with Gasteiger partial charge in [-0.15, -0.1) is 0 Å². The molecule has 1 aromatic rings. The summed E-state index contributed by atoms with van der Waals surface area (Å²) >= 11 is 0. The first-order valence-corrected chi connectivity index (χ1v) is 4.07. The van der Waals surface area contributed by atoms with E-state index in [1.807, 2.05) is 0 Å². The molecule has 1 aliphatic heterocycles. The van der Waals surface area contributed by atoms with Crippen LogP contribution in [-0.2, 0) is 5.92 Å². The lowest BCUT2D eigenvalue weighted by Crippen LogP contribution is -2.51. The summed E-state index contributed by atoms with van der Waals surface area (Å²) in [4.78, 5) is 7.13. The molecule has 0 aromatic carbocycles. The summed E-state index contributed by atoms with van der Waals surface area (Å²) in [5.41, 5.74) is 0. The first kappa shape index (κ1) is 8.50. The molecule has 1 saturated heterocycles. The van der Waals surface area contributed by atoms with E-state index in [2.05, 4.69) is 15.3 Å². The van der Waals surface area contributed by atoms with Crippen molar-refractivity contribution in [2.24, 2.45) is 5.92 Å². The third-order valence-corrected chi connectivity index (χ3v) is 2.16. The Labute approximate surface area is 74.2 Å². The molecule has 2 rings (SSSR count). The van der Waals surface area contributed by atoms with Gasteiger partial charge in [0.15, 0.2) is 5.82 Å². The van der Waals surface area contributed by atoms with Crippen LogP contribution in [0.5, 0.6) is 0 Å². The summed E-state index contributed by atoms with van der Waals surface area (Å²) < 4.78 is 26.9. The molecule has 0 bridgehead atoms. The van der Waals surface area contributed by atoms with Crippen LogP contribution in [0.4, 0.5) is 8.78 Å². The molecule has 1 N–H and O–H groups in total. The van der Waals surface area contributed by atoms with Gasteiger partial charge in [0.2, 0.25) is 0 Å². The molecule has 0 saturated carbocycles. The van der Waals surface area contributed by atoms with Crippen LogP contribution in [0.1, 0.15) is 5.82 Å². The maximum absolute atomic E-state index is 13.4. The molecule has 5 heteroatoms. The van der Waals surface area contributed by atoms with Crippen LogP contribution in [-0.4, -0.2) is 23.1 Å². The number of hydrogen-bond donors (Lipinski definition) is 1. The van der Waals surface area contributed by atoms with E-state index < -0.39 is 11.8 Å². The topological polar surface area (TPSA) is 37.8 Å². The molecule has 0 unspecified atom stereocenters. The van der Waals surface area contributed by atoms with E-state index in [4.69, 9.17) is 0 Å². The van der Waals surface area contributed by atoms with Gasteiger partial charge in [-0.1, -0.05) is 0 Å². The standard InChI is InChI=1S/C8H9F2N3/c9-8(10,6-4-11-5-6)7-12-2-1-3-13-7/h1-3,6,11H,4-5H2. The van der Waals surface area contributed by atoms with Crippen molar-refractivity contribution in [1.82, 2.24) is 15.3 Å². The second-order valence-corrected chi connectivity index (χ2v) is 3.05. The fraction of sp³-hybridized carbons (Fsp3) is 0.500. The van der Waals surface area contributed by atoms with Crippen LogP contribution < -0.4 is 5.32 Å². The monoisotopic (exact) mass is 185 g/mol. The number of rotatable bonds is 2. The predicted octanol–water partition coefficient (Wildman–Crippen LogP) is 0.788. The lowest BCUT2D eigenvalue weighted by molar-refractivity contribution is -0.0908. The van der Waals surface area contributed by atoms with Crippen molar-refractivity contribution < 1.29 is 8.78 Å². The van der Waals surface area contributed by atoms with Gasteiger partial charge in [-0.25, -0.2) is 9.97 Å². The Balaban J connectivity index is 2.23. The lowest BCUT2D eigenvalue weighted by atomic mass is 9.95. The minimum absolute atomic E-state index is 0.339. The molecular formula is C8H9F2N3. The van der Waals surface area contributed by atoms with Gasteiger partial charge in [-0.3, -0.25) is 0 Å². The van der Waals surface area contributed by atoms with Crippen molar-refractivity contribution in [2.45, 2.75) is 5.92 Å². The van der Waals surface area contributed by atoms with Gasteiger partial charge in [0.25, 0.3) is 0 Å².